The summed E-state index contributed by atoms with van der Waals surface area (Å²) in [5.74, 6) is -0.272. The van der Waals surface area contributed by atoms with Gasteiger partial charge in [0.25, 0.3) is 10.0 Å². The molecule has 0 aliphatic carbocycles. The van der Waals surface area contributed by atoms with Crippen molar-refractivity contribution in [2.75, 3.05) is 11.4 Å². The molecule has 12 heteroatoms. The van der Waals surface area contributed by atoms with Gasteiger partial charge < -0.3 is 4.74 Å². The van der Waals surface area contributed by atoms with Crippen molar-refractivity contribution in [1.82, 2.24) is 9.97 Å². The number of hydrogen-bond acceptors (Lipinski definition) is 6. The Bertz CT molecular complexity index is 1390. The second kappa shape index (κ2) is 8.23. The quantitative estimate of drug-likeness (QED) is 0.320. The topological polar surface area (TPSA) is 72.4 Å². The Morgan fingerprint density at radius 3 is 2.50 bits per heavy atom. The van der Waals surface area contributed by atoms with E-state index in [1.54, 1.807) is 11.4 Å². The van der Waals surface area contributed by atoms with Crippen LogP contribution in [0, 0.1) is 0 Å². The number of ether oxygens (including phenoxy) is 1. The van der Waals surface area contributed by atoms with Gasteiger partial charge in [0, 0.05) is 23.2 Å². The average Bonchev–Trinajstić information content (AvgIpc) is 3.26. The van der Waals surface area contributed by atoms with Gasteiger partial charge in [0.15, 0.2) is 0 Å². The Morgan fingerprint density at radius 1 is 1.06 bits per heavy atom. The van der Waals surface area contributed by atoms with E-state index in [4.69, 9.17) is 16.3 Å². The lowest BCUT2D eigenvalue weighted by atomic mass is 10.2. The molecule has 4 aromatic rings. The van der Waals surface area contributed by atoms with Crippen molar-refractivity contribution < 1.29 is 26.3 Å². The van der Waals surface area contributed by atoms with E-state index in [0.29, 0.717) is 10.8 Å². The largest absolute Gasteiger partial charge is 0.495 e. The zero-order chi connectivity index (χ0) is 23.1. The van der Waals surface area contributed by atoms with Crippen LogP contribution in [-0.4, -0.2) is 25.5 Å². The summed E-state index contributed by atoms with van der Waals surface area (Å²) in [4.78, 5) is 7.92. The average molecular weight is 500 g/mol. The van der Waals surface area contributed by atoms with E-state index in [1.165, 1.54) is 30.6 Å². The zero-order valence-electron chi connectivity index (χ0n) is 16.2. The van der Waals surface area contributed by atoms with Crippen LogP contribution in [0.4, 0.5) is 24.0 Å². The van der Waals surface area contributed by atoms with Crippen molar-refractivity contribution in [3.8, 4) is 5.75 Å². The number of fused-ring (bicyclic) bond motifs is 1. The fraction of sp³-hybridized carbons (Fsp3) is 0.100. The molecule has 0 amide bonds. The number of rotatable bonds is 5. The van der Waals surface area contributed by atoms with Gasteiger partial charge >= 0.3 is 6.18 Å². The summed E-state index contributed by atoms with van der Waals surface area (Å²) in [5, 5.41) is 2.98. The third-order valence-electron chi connectivity index (χ3n) is 4.52. The summed E-state index contributed by atoms with van der Waals surface area (Å²) in [6.45, 7) is 0. The zero-order valence-corrected chi connectivity index (χ0v) is 18.6. The number of hydrogen-bond donors (Lipinski definition) is 0. The summed E-state index contributed by atoms with van der Waals surface area (Å²) in [7, 11) is -3.14. The van der Waals surface area contributed by atoms with E-state index in [9.17, 15) is 21.6 Å². The molecule has 32 heavy (non-hydrogen) atoms. The first-order valence-corrected chi connectivity index (χ1v) is 11.6. The number of pyridine rings is 1. The summed E-state index contributed by atoms with van der Waals surface area (Å²) in [6, 6.07) is 8.46. The lowest BCUT2D eigenvalue weighted by molar-refractivity contribution is -0.137. The number of alkyl halides is 3. The molecule has 0 saturated heterocycles. The summed E-state index contributed by atoms with van der Waals surface area (Å²) >= 11 is 6.94. The maximum atomic E-state index is 13.7. The number of methoxy groups -OCH3 is 1. The summed E-state index contributed by atoms with van der Waals surface area (Å²) in [5.41, 5.74) is -1.08. The highest BCUT2D eigenvalue weighted by Gasteiger charge is 2.35. The molecule has 0 spiro atoms. The molecule has 2 heterocycles. The molecule has 2 aromatic heterocycles. The lowest BCUT2D eigenvalue weighted by Gasteiger charge is -2.24. The SMILES string of the molecule is COc1cc(C(F)(F)F)ccc1N(c1nccs1)S(=O)(=O)c1ccc2cnc(Cl)cc2c1. The van der Waals surface area contributed by atoms with E-state index < -0.39 is 21.8 Å². The smallest absolute Gasteiger partial charge is 0.416 e. The standard InChI is InChI=1S/C20H13ClF3N3O3S2/c1-30-17-10-14(20(22,23)24)3-5-16(17)27(19-25-6-7-31-19)32(28,29)15-4-2-12-11-26-18(21)9-13(12)8-15/h2-11H,1H3. The van der Waals surface area contributed by atoms with Crippen LogP contribution in [0.5, 0.6) is 5.75 Å². The maximum Gasteiger partial charge on any atom is 0.416 e. The molecule has 0 aliphatic rings. The first kappa shape index (κ1) is 22.3. The van der Waals surface area contributed by atoms with Gasteiger partial charge in [-0.15, -0.1) is 11.3 Å². The third-order valence-corrected chi connectivity index (χ3v) is 7.30. The molecule has 0 radical (unpaired) electrons. The van der Waals surface area contributed by atoms with Crippen LogP contribution < -0.4 is 9.04 Å². The molecule has 4 rings (SSSR count). The van der Waals surface area contributed by atoms with Crippen LogP contribution in [0.15, 0.2) is 65.1 Å². The van der Waals surface area contributed by atoms with Gasteiger partial charge in [-0.25, -0.2) is 22.7 Å². The Morgan fingerprint density at radius 2 is 1.84 bits per heavy atom. The van der Waals surface area contributed by atoms with Crippen LogP contribution in [0.3, 0.4) is 0 Å². The predicted molar refractivity (Wildman–Crippen MR) is 116 cm³/mol. The summed E-state index contributed by atoms with van der Waals surface area (Å²) in [6.07, 6.45) is -1.72. The highest BCUT2D eigenvalue weighted by molar-refractivity contribution is 7.93. The van der Waals surface area contributed by atoms with Gasteiger partial charge in [-0.2, -0.15) is 13.2 Å². The number of aromatic nitrogens is 2. The number of benzene rings is 2. The molecule has 0 atom stereocenters. The number of sulfonamides is 1. The Kier molecular flexibility index (Phi) is 5.74. The first-order chi connectivity index (χ1) is 15.1. The fourth-order valence-electron chi connectivity index (χ4n) is 3.03. The van der Waals surface area contributed by atoms with Crippen LogP contribution in [0.1, 0.15) is 5.56 Å². The molecule has 166 valence electrons. The van der Waals surface area contributed by atoms with E-state index in [-0.39, 0.29) is 26.6 Å². The molecule has 0 fully saturated rings. The minimum atomic E-state index is -4.62. The molecule has 0 saturated carbocycles. The Hall–Kier alpha value is -2.89. The van der Waals surface area contributed by atoms with E-state index >= 15 is 0 Å². The molecule has 2 aromatic carbocycles. The molecule has 0 unspecified atom stereocenters. The molecule has 0 N–H and O–H groups in total. The highest BCUT2D eigenvalue weighted by atomic mass is 35.5. The van der Waals surface area contributed by atoms with Gasteiger partial charge in [-0.05, 0) is 41.8 Å². The van der Waals surface area contributed by atoms with E-state index in [2.05, 4.69) is 9.97 Å². The molecule has 0 bridgehead atoms. The number of nitrogens with zero attached hydrogens (tertiary/aromatic N) is 3. The summed E-state index contributed by atoms with van der Waals surface area (Å²) < 4.78 is 72.9. The molecule has 6 nitrogen and oxygen atoms in total. The van der Waals surface area contributed by atoms with Crippen molar-refractivity contribution >= 4 is 54.6 Å². The highest BCUT2D eigenvalue weighted by Crippen LogP contribution is 2.42. The molecule has 0 aliphatic heterocycles. The fourth-order valence-corrected chi connectivity index (χ4v) is 5.57. The number of thiazole rings is 1. The predicted octanol–water partition coefficient (Wildman–Crippen LogP) is 5.90. The van der Waals surface area contributed by atoms with Crippen LogP contribution in [-0.2, 0) is 16.2 Å². The van der Waals surface area contributed by atoms with Crippen molar-refractivity contribution in [2.45, 2.75) is 11.1 Å². The van der Waals surface area contributed by atoms with Crippen molar-refractivity contribution in [2.24, 2.45) is 0 Å². The van der Waals surface area contributed by atoms with Crippen LogP contribution in [0.2, 0.25) is 5.15 Å². The third kappa shape index (κ3) is 4.10. The maximum absolute atomic E-state index is 13.7. The normalized spacial score (nSPS) is 12.2. The van der Waals surface area contributed by atoms with Crippen molar-refractivity contribution in [1.29, 1.82) is 0 Å². The van der Waals surface area contributed by atoms with Gasteiger partial charge in [-0.3, -0.25) is 0 Å². The number of halogens is 4. The minimum absolute atomic E-state index is 0.0379. The molecular formula is C20H13ClF3N3O3S2. The van der Waals surface area contributed by atoms with E-state index in [0.717, 1.165) is 41.0 Å². The minimum Gasteiger partial charge on any atom is -0.495 e. The monoisotopic (exact) mass is 499 g/mol. The number of anilines is 2. The Labute approximate surface area is 189 Å². The van der Waals surface area contributed by atoms with Crippen LogP contribution in [0.25, 0.3) is 10.8 Å². The van der Waals surface area contributed by atoms with Crippen molar-refractivity contribution in [3.05, 3.63) is 71.0 Å². The molecular weight excluding hydrogens is 487 g/mol. The first-order valence-electron chi connectivity index (χ1n) is 8.86. The Balaban J connectivity index is 1.92. The second-order valence-corrected chi connectivity index (χ2v) is 9.53. The van der Waals surface area contributed by atoms with Crippen molar-refractivity contribution in [3.63, 3.8) is 0 Å². The van der Waals surface area contributed by atoms with Gasteiger partial charge in [0.2, 0.25) is 5.13 Å². The van der Waals surface area contributed by atoms with Crippen LogP contribution >= 0.6 is 22.9 Å². The van der Waals surface area contributed by atoms with E-state index in [1.807, 2.05) is 0 Å². The van der Waals surface area contributed by atoms with Gasteiger partial charge in [-0.1, -0.05) is 17.7 Å². The second-order valence-electron chi connectivity index (χ2n) is 6.48. The van der Waals surface area contributed by atoms with Gasteiger partial charge in [0.1, 0.15) is 16.6 Å². The lowest BCUT2D eigenvalue weighted by Crippen LogP contribution is -2.27. The van der Waals surface area contributed by atoms with Gasteiger partial charge in [0.05, 0.1) is 17.6 Å².